The summed E-state index contributed by atoms with van der Waals surface area (Å²) in [5, 5.41) is 15.9. The van der Waals surface area contributed by atoms with E-state index < -0.39 is 29.4 Å². The van der Waals surface area contributed by atoms with Crippen LogP contribution in [0.25, 0.3) is 0 Å². The summed E-state index contributed by atoms with van der Waals surface area (Å²) in [6.45, 7) is 9.21. The second kappa shape index (κ2) is 15.3. The summed E-state index contributed by atoms with van der Waals surface area (Å²) in [7, 11) is 1.42. The number of allylic oxidation sites excluding steroid dienone is 3. The molecule has 0 radical (unpaired) electrons. The van der Waals surface area contributed by atoms with Gasteiger partial charge < -0.3 is 25.2 Å². The molecule has 3 N–H and O–H groups in total. The molecule has 0 fully saturated rings. The van der Waals surface area contributed by atoms with Gasteiger partial charge in [-0.1, -0.05) is 69.7 Å². The molecule has 1 heterocycles. The molecule has 4 atom stereocenters. The van der Waals surface area contributed by atoms with Gasteiger partial charge in [0.25, 0.3) is 0 Å². The number of halogens is 1. The zero-order valence-electron chi connectivity index (χ0n) is 21.9. The lowest BCUT2D eigenvalue weighted by Gasteiger charge is -2.29. The Balaban J connectivity index is 2.60. The van der Waals surface area contributed by atoms with Gasteiger partial charge in [0.1, 0.15) is 12.1 Å². The van der Waals surface area contributed by atoms with Crippen LogP contribution in [0.1, 0.15) is 53.9 Å². The number of methoxy groups -OCH3 is 1. The maximum Gasteiger partial charge on any atom is 0.373 e. The van der Waals surface area contributed by atoms with E-state index in [1.54, 1.807) is 37.3 Å². The van der Waals surface area contributed by atoms with Crippen LogP contribution < -0.4 is 10.6 Å². The fourth-order valence-corrected chi connectivity index (χ4v) is 3.34. The number of aliphatic hydroxyl groups is 1. The minimum absolute atomic E-state index is 0.0651. The number of carbonyl (C=O) groups excluding carboxylic acids is 3. The fourth-order valence-electron chi connectivity index (χ4n) is 3.26. The normalized spacial score (nSPS) is 19.7. The van der Waals surface area contributed by atoms with Crippen molar-refractivity contribution in [1.82, 2.24) is 10.6 Å². The van der Waals surface area contributed by atoms with Crippen LogP contribution in [0.5, 0.6) is 0 Å². The topological polar surface area (TPSA) is 114 Å². The minimum atomic E-state index is -0.780. The first kappa shape index (κ1) is 31.2. The number of ether oxygens (including phenoxy) is 2. The lowest BCUT2D eigenvalue weighted by molar-refractivity contribution is -0.151. The van der Waals surface area contributed by atoms with Crippen LogP contribution in [0, 0.1) is 11.3 Å². The van der Waals surface area contributed by atoms with Crippen molar-refractivity contribution >= 4 is 29.4 Å². The number of hydrogen-bond donors (Lipinski definition) is 3. The second-order valence-corrected chi connectivity index (χ2v) is 10.3. The number of rotatable bonds is 12. The highest BCUT2D eigenvalue weighted by Crippen LogP contribution is 2.22. The molecule has 2 amide bonds. The van der Waals surface area contributed by atoms with E-state index in [1.807, 2.05) is 33.8 Å². The Morgan fingerprint density at radius 1 is 1.31 bits per heavy atom. The van der Waals surface area contributed by atoms with E-state index in [-0.39, 0.29) is 23.7 Å². The average molecular weight is 523 g/mol. The number of aliphatic hydroxyl groups excluding tert-OH is 1. The first-order chi connectivity index (χ1) is 16.8. The number of esters is 1. The Morgan fingerprint density at radius 2 is 2.00 bits per heavy atom. The van der Waals surface area contributed by atoms with Crippen molar-refractivity contribution in [2.24, 2.45) is 11.3 Å². The molecule has 1 aliphatic rings. The van der Waals surface area contributed by atoms with E-state index in [4.69, 9.17) is 21.1 Å². The smallest absolute Gasteiger partial charge is 0.373 e. The van der Waals surface area contributed by atoms with Crippen LogP contribution in [0.4, 0.5) is 0 Å². The molecule has 0 aliphatic carbocycles. The van der Waals surface area contributed by atoms with Gasteiger partial charge in [-0.05, 0) is 37.5 Å². The fraction of sp³-hybridized carbons (Fsp3) is 0.519. The first-order valence-corrected chi connectivity index (χ1v) is 12.3. The molecule has 200 valence electrons. The molecule has 0 bridgehead atoms. The van der Waals surface area contributed by atoms with E-state index in [0.717, 1.165) is 0 Å². The predicted molar refractivity (Wildman–Crippen MR) is 141 cm³/mol. The van der Waals surface area contributed by atoms with Gasteiger partial charge in [-0.3, -0.25) is 9.59 Å². The molecular weight excluding hydrogens is 484 g/mol. The molecule has 0 aromatic rings. The molecule has 1 aliphatic heterocycles. The van der Waals surface area contributed by atoms with Gasteiger partial charge in [0.05, 0.1) is 13.2 Å². The molecule has 8 nitrogen and oxygen atoms in total. The molecule has 0 saturated heterocycles. The Bertz CT molecular complexity index is 910. The van der Waals surface area contributed by atoms with Crippen LogP contribution in [0.15, 0.2) is 59.5 Å². The summed E-state index contributed by atoms with van der Waals surface area (Å²) in [6.07, 6.45) is 13.4. The second-order valence-electron chi connectivity index (χ2n) is 9.69. The van der Waals surface area contributed by atoms with Gasteiger partial charge in [-0.25, -0.2) is 4.79 Å². The molecule has 0 aromatic heterocycles. The maximum atomic E-state index is 12.7. The van der Waals surface area contributed by atoms with Crippen molar-refractivity contribution in [2.75, 3.05) is 7.11 Å². The summed E-state index contributed by atoms with van der Waals surface area (Å²) >= 11 is 5.75. The molecule has 0 aromatic carbocycles. The molecule has 1 rings (SSSR count). The first-order valence-electron chi connectivity index (χ1n) is 11.9. The molecule has 0 saturated carbocycles. The number of hydrogen-bond acceptors (Lipinski definition) is 6. The Labute approximate surface area is 219 Å². The highest BCUT2D eigenvalue weighted by atomic mass is 35.5. The van der Waals surface area contributed by atoms with Crippen molar-refractivity contribution in [2.45, 2.75) is 72.1 Å². The van der Waals surface area contributed by atoms with Crippen LogP contribution in [-0.2, 0) is 23.9 Å². The lowest BCUT2D eigenvalue weighted by Crippen LogP contribution is -2.52. The summed E-state index contributed by atoms with van der Waals surface area (Å²) in [5.74, 6) is -1.12. The highest BCUT2D eigenvalue weighted by Gasteiger charge is 2.32. The van der Waals surface area contributed by atoms with Crippen LogP contribution >= 0.6 is 11.6 Å². The maximum absolute atomic E-state index is 12.7. The van der Waals surface area contributed by atoms with E-state index >= 15 is 0 Å². The zero-order chi connectivity index (χ0) is 27.3. The van der Waals surface area contributed by atoms with Crippen molar-refractivity contribution in [3.05, 3.63) is 59.5 Å². The summed E-state index contributed by atoms with van der Waals surface area (Å²) in [4.78, 5) is 36.9. The van der Waals surface area contributed by atoms with Gasteiger partial charge in [0, 0.05) is 23.4 Å². The van der Waals surface area contributed by atoms with E-state index in [9.17, 15) is 19.5 Å². The quantitative estimate of drug-likeness (QED) is 0.202. The van der Waals surface area contributed by atoms with Gasteiger partial charge in [0.2, 0.25) is 11.8 Å². The number of amides is 2. The number of cyclic esters (lactones) is 1. The third kappa shape index (κ3) is 11.7. The van der Waals surface area contributed by atoms with Crippen molar-refractivity contribution < 1.29 is 29.0 Å². The molecule has 9 heteroatoms. The standard InChI is InChI=1S/C27H39ClN2O6/c1-18(21-15-16-22(35-6)26(34)36-21)10-7-8-12-23(32)30-24(27(3,4)5)25(33)29-17-9-11-20(31)14-13-19(2)28/h7-10,12-13,16-18,20-21,24,31H,11,14-15H2,1-6H3,(H,29,33)(H,30,32)/b10-7-,12-8-,17-9-,19-13+/t18-,20+,21-,24+/m0/s1. The molecule has 0 spiro atoms. The Hall–Kier alpha value is -2.84. The van der Waals surface area contributed by atoms with Gasteiger partial charge in [-0.15, -0.1) is 0 Å². The van der Waals surface area contributed by atoms with Gasteiger partial charge in [-0.2, -0.15) is 0 Å². The minimum Gasteiger partial charge on any atom is -0.490 e. The van der Waals surface area contributed by atoms with Gasteiger partial charge in [0.15, 0.2) is 5.76 Å². The molecule has 36 heavy (non-hydrogen) atoms. The van der Waals surface area contributed by atoms with E-state index in [2.05, 4.69) is 10.6 Å². The van der Waals surface area contributed by atoms with Crippen molar-refractivity contribution in [1.29, 1.82) is 0 Å². The number of nitrogens with one attached hydrogen (secondary N) is 2. The Kier molecular flexibility index (Phi) is 13.3. The third-order valence-corrected chi connectivity index (χ3v) is 5.57. The van der Waals surface area contributed by atoms with E-state index in [0.29, 0.717) is 24.3 Å². The van der Waals surface area contributed by atoms with E-state index in [1.165, 1.54) is 19.4 Å². The molecule has 0 unspecified atom stereocenters. The third-order valence-electron chi connectivity index (χ3n) is 5.41. The zero-order valence-corrected chi connectivity index (χ0v) is 22.7. The SMILES string of the molecule is COC1=CC[C@@H]([C@@H](C)/C=C\C=C/C(=O)N[C@H](C(=O)N/C=C\C[C@@H](O)C/C=C(\C)Cl)C(C)(C)C)OC1=O. The largest absolute Gasteiger partial charge is 0.490 e. The van der Waals surface area contributed by atoms with Crippen LogP contribution in [-0.4, -0.2) is 48.2 Å². The Morgan fingerprint density at radius 3 is 2.58 bits per heavy atom. The average Bonchev–Trinajstić information content (AvgIpc) is 2.80. The summed E-state index contributed by atoms with van der Waals surface area (Å²) < 4.78 is 10.3. The van der Waals surface area contributed by atoms with Crippen molar-refractivity contribution in [3.63, 3.8) is 0 Å². The summed E-state index contributed by atoms with van der Waals surface area (Å²) in [5.41, 5.74) is -0.534. The predicted octanol–water partition coefficient (Wildman–Crippen LogP) is 4.03. The highest BCUT2D eigenvalue weighted by molar-refractivity contribution is 6.29. The summed E-state index contributed by atoms with van der Waals surface area (Å²) in [6, 6.07) is -0.780. The molecular formula is C27H39ClN2O6. The van der Waals surface area contributed by atoms with Crippen molar-refractivity contribution in [3.8, 4) is 0 Å². The van der Waals surface area contributed by atoms with Crippen LogP contribution in [0.3, 0.4) is 0 Å². The lowest BCUT2D eigenvalue weighted by atomic mass is 9.86. The van der Waals surface area contributed by atoms with Crippen LogP contribution in [0.2, 0.25) is 0 Å². The van der Waals surface area contributed by atoms with Gasteiger partial charge >= 0.3 is 5.97 Å². The monoisotopic (exact) mass is 522 g/mol. The number of carbonyl (C=O) groups is 3.